The van der Waals surface area contributed by atoms with Crippen LogP contribution >= 0.6 is 0 Å². The highest BCUT2D eigenvalue weighted by Gasteiger charge is 2.26. The van der Waals surface area contributed by atoms with Gasteiger partial charge in [0.15, 0.2) is 0 Å². The van der Waals surface area contributed by atoms with E-state index in [9.17, 15) is 18.3 Å². The van der Waals surface area contributed by atoms with E-state index in [2.05, 4.69) is 4.72 Å². The molecule has 0 spiro atoms. The Labute approximate surface area is 130 Å². The summed E-state index contributed by atoms with van der Waals surface area (Å²) >= 11 is 0. The summed E-state index contributed by atoms with van der Waals surface area (Å²) in [5.41, 5.74) is 0.779. The van der Waals surface area contributed by atoms with E-state index in [0.29, 0.717) is 19.6 Å². The number of rotatable bonds is 8. The van der Waals surface area contributed by atoms with E-state index < -0.39 is 22.0 Å². The molecule has 6 nitrogen and oxygen atoms in total. The molecule has 1 fully saturated rings. The normalized spacial score (nSPS) is 19.9. The Bertz CT molecular complexity index is 581. The summed E-state index contributed by atoms with van der Waals surface area (Å²) in [6.45, 7) is 1.26. The predicted molar refractivity (Wildman–Crippen MR) is 82.0 cm³/mol. The summed E-state index contributed by atoms with van der Waals surface area (Å²) < 4.78 is 31.7. The van der Waals surface area contributed by atoms with Gasteiger partial charge in [0.25, 0.3) is 0 Å². The fourth-order valence-electron chi connectivity index (χ4n) is 2.44. The second kappa shape index (κ2) is 7.71. The number of carboxylic acid groups (broad SMARTS) is 1. The molecular weight excluding hydrogens is 306 g/mol. The standard InChI is InChI=1S/C15H21NO5S/c17-15(18)14(10-12-4-2-1-3-5-12)16-22(19,20)9-7-13-6-8-21-11-13/h1-5,13-14,16H,6-11H2,(H,17,18)/t13?,14-/m1/s1. The summed E-state index contributed by atoms with van der Waals surface area (Å²) in [7, 11) is -3.62. The molecule has 1 aliphatic heterocycles. The number of aliphatic carboxylic acids is 1. The van der Waals surface area contributed by atoms with Crippen LogP contribution in [0.15, 0.2) is 30.3 Å². The van der Waals surface area contributed by atoms with Crippen molar-refractivity contribution in [2.24, 2.45) is 5.92 Å². The number of sulfonamides is 1. The Morgan fingerprint density at radius 2 is 2.09 bits per heavy atom. The molecule has 122 valence electrons. The van der Waals surface area contributed by atoms with Crippen LogP contribution in [0, 0.1) is 5.92 Å². The molecule has 0 aromatic heterocycles. The quantitative estimate of drug-likeness (QED) is 0.744. The fraction of sp³-hybridized carbons (Fsp3) is 0.533. The second-order valence-electron chi connectivity index (χ2n) is 5.54. The molecule has 2 N–H and O–H groups in total. The number of carbonyl (C=O) groups is 1. The molecule has 7 heteroatoms. The maximum Gasteiger partial charge on any atom is 0.322 e. The summed E-state index contributed by atoms with van der Waals surface area (Å²) in [4.78, 5) is 11.3. The molecule has 0 bridgehead atoms. The van der Waals surface area contributed by atoms with Gasteiger partial charge in [0.2, 0.25) is 10.0 Å². The molecule has 1 aromatic carbocycles. The summed E-state index contributed by atoms with van der Waals surface area (Å²) in [5.74, 6) is -0.995. The summed E-state index contributed by atoms with van der Waals surface area (Å²) in [6, 6.07) is 7.83. The van der Waals surface area contributed by atoms with Gasteiger partial charge in [-0.2, -0.15) is 0 Å². The molecule has 0 radical (unpaired) electrons. The Hall–Kier alpha value is -1.44. The third-order valence-corrected chi connectivity index (χ3v) is 5.14. The van der Waals surface area contributed by atoms with Crippen molar-refractivity contribution in [2.45, 2.75) is 25.3 Å². The fourth-order valence-corrected chi connectivity index (χ4v) is 3.82. The number of benzene rings is 1. The van der Waals surface area contributed by atoms with E-state index in [0.717, 1.165) is 12.0 Å². The molecule has 1 unspecified atom stereocenters. The third-order valence-electron chi connectivity index (χ3n) is 3.72. The minimum Gasteiger partial charge on any atom is -0.480 e. The first kappa shape index (κ1) is 16.9. The smallest absolute Gasteiger partial charge is 0.322 e. The zero-order valence-electron chi connectivity index (χ0n) is 12.3. The van der Waals surface area contributed by atoms with Crippen molar-refractivity contribution in [1.29, 1.82) is 0 Å². The Kier molecular flexibility index (Phi) is 5.93. The molecule has 22 heavy (non-hydrogen) atoms. The molecule has 1 aromatic rings. The molecule has 1 aliphatic rings. The van der Waals surface area contributed by atoms with E-state index in [1.807, 2.05) is 6.07 Å². The van der Waals surface area contributed by atoms with Gasteiger partial charge in [0, 0.05) is 13.2 Å². The molecule has 0 saturated carbocycles. The molecule has 0 amide bonds. The highest BCUT2D eigenvalue weighted by Crippen LogP contribution is 2.17. The van der Waals surface area contributed by atoms with Crippen molar-refractivity contribution in [3.05, 3.63) is 35.9 Å². The zero-order chi connectivity index (χ0) is 16.0. The maximum absolute atomic E-state index is 12.1. The van der Waals surface area contributed by atoms with E-state index in [4.69, 9.17) is 4.74 Å². The SMILES string of the molecule is O=C(O)[C@@H](Cc1ccccc1)NS(=O)(=O)CCC1CCOC1. The Morgan fingerprint density at radius 1 is 1.36 bits per heavy atom. The molecule has 1 saturated heterocycles. The average Bonchev–Trinajstić information content (AvgIpc) is 2.99. The van der Waals surface area contributed by atoms with Gasteiger partial charge in [0.1, 0.15) is 6.04 Å². The van der Waals surface area contributed by atoms with Crippen LogP contribution in [0.2, 0.25) is 0 Å². The van der Waals surface area contributed by atoms with E-state index in [-0.39, 0.29) is 18.1 Å². The van der Waals surface area contributed by atoms with Crippen LogP contribution in [-0.2, 0) is 26.0 Å². The molecule has 1 heterocycles. The molecule has 0 aliphatic carbocycles. The van der Waals surface area contributed by atoms with Crippen molar-refractivity contribution in [1.82, 2.24) is 4.72 Å². The van der Waals surface area contributed by atoms with Crippen LogP contribution in [0.25, 0.3) is 0 Å². The van der Waals surface area contributed by atoms with Crippen LogP contribution in [0.5, 0.6) is 0 Å². The minimum absolute atomic E-state index is 0.0698. The van der Waals surface area contributed by atoms with Gasteiger partial charge >= 0.3 is 5.97 Å². The Morgan fingerprint density at radius 3 is 2.68 bits per heavy atom. The van der Waals surface area contributed by atoms with E-state index in [1.54, 1.807) is 24.3 Å². The van der Waals surface area contributed by atoms with Crippen molar-refractivity contribution in [2.75, 3.05) is 19.0 Å². The first-order valence-corrected chi connectivity index (χ1v) is 8.96. The number of ether oxygens (including phenoxy) is 1. The second-order valence-corrected chi connectivity index (χ2v) is 7.41. The maximum atomic E-state index is 12.1. The molecule has 2 rings (SSSR count). The summed E-state index contributed by atoms with van der Waals surface area (Å²) in [6.07, 6.45) is 1.48. The lowest BCUT2D eigenvalue weighted by atomic mass is 10.1. The number of hydrogen-bond donors (Lipinski definition) is 2. The van der Waals surface area contributed by atoms with Gasteiger partial charge in [-0.1, -0.05) is 30.3 Å². The van der Waals surface area contributed by atoms with Crippen LogP contribution in [0.1, 0.15) is 18.4 Å². The number of hydrogen-bond acceptors (Lipinski definition) is 4. The number of nitrogens with one attached hydrogen (secondary N) is 1. The Balaban J connectivity index is 1.92. The van der Waals surface area contributed by atoms with Crippen LogP contribution in [0.4, 0.5) is 0 Å². The van der Waals surface area contributed by atoms with Gasteiger partial charge in [-0.15, -0.1) is 0 Å². The lowest BCUT2D eigenvalue weighted by Gasteiger charge is -2.16. The van der Waals surface area contributed by atoms with Gasteiger partial charge in [-0.25, -0.2) is 13.1 Å². The van der Waals surface area contributed by atoms with Gasteiger partial charge in [-0.3, -0.25) is 4.79 Å². The predicted octanol–water partition coefficient (Wildman–Crippen LogP) is 1.03. The van der Waals surface area contributed by atoms with Gasteiger partial charge < -0.3 is 9.84 Å². The monoisotopic (exact) mass is 327 g/mol. The first-order valence-electron chi connectivity index (χ1n) is 7.31. The highest BCUT2D eigenvalue weighted by atomic mass is 32.2. The highest BCUT2D eigenvalue weighted by molar-refractivity contribution is 7.89. The van der Waals surface area contributed by atoms with Crippen LogP contribution in [-0.4, -0.2) is 44.5 Å². The largest absolute Gasteiger partial charge is 0.480 e. The first-order chi connectivity index (χ1) is 10.5. The third kappa shape index (κ3) is 5.40. The van der Waals surface area contributed by atoms with Crippen molar-refractivity contribution < 1.29 is 23.1 Å². The van der Waals surface area contributed by atoms with Crippen molar-refractivity contribution >= 4 is 16.0 Å². The topological polar surface area (TPSA) is 92.7 Å². The lowest BCUT2D eigenvalue weighted by molar-refractivity contribution is -0.138. The zero-order valence-corrected chi connectivity index (χ0v) is 13.1. The molecule has 2 atom stereocenters. The van der Waals surface area contributed by atoms with Crippen LogP contribution < -0.4 is 4.72 Å². The van der Waals surface area contributed by atoms with Crippen molar-refractivity contribution in [3.63, 3.8) is 0 Å². The minimum atomic E-state index is -3.62. The summed E-state index contributed by atoms with van der Waals surface area (Å²) in [5, 5.41) is 9.23. The molecular formula is C15H21NO5S. The van der Waals surface area contributed by atoms with E-state index in [1.165, 1.54) is 0 Å². The van der Waals surface area contributed by atoms with Crippen molar-refractivity contribution in [3.8, 4) is 0 Å². The van der Waals surface area contributed by atoms with E-state index >= 15 is 0 Å². The average molecular weight is 327 g/mol. The lowest BCUT2D eigenvalue weighted by Crippen LogP contribution is -2.43. The van der Waals surface area contributed by atoms with Gasteiger partial charge in [-0.05, 0) is 30.7 Å². The van der Waals surface area contributed by atoms with Crippen LogP contribution in [0.3, 0.4) is 0 Å². The number of carboxylic acids is 1. The van der Waals surface area contributed by atoms with Gasteiger partial charge in [0.05, 0.1) is 5.75 Å².